The molecule has 16 heavy (non-hydrogen) atoms. The fraction of sp³-hybridized carbons (Fsp3) is 0.625. The summed E-state index contributed by atoms with van der Waals surface area (Å²) in [6.45, 7) is 0.0502. The van der Waals surface area contributed by atoms with E-state index in [1.165, 1.54) is 4.90 Å². The number of carbonyl (C=O) groups excluding carboxylic acids is 1. The quantitative estimate of drug-likeness (QED) is 0.596. The van der Waals surface area contributed by atoms with Gasteiger partial charge in [-0.3, -0.25) is 4.79 Å². The number of anilines is 1. The van der Waals surface area contributed by atoms with Crippen molar-refractivity contribution in [3.8, 4) is 0 Å². The summed E-state index contributed by atoms with van der Waals surface area (Å²) in [7, 11) is 1.69. The summed E-state index contributed by atoms with van der Waals surface area (Å²) >= 11 is 1.13. The van der Waals surface area contributed by atoms with Gasteiger partial charge in [0, 0.05) is 20.1 Å². The molecule has 0 radical (unpaired) electrons. The fourth-order valence-corrected chi connectivity index (χ4v) is 1.77. The Morgan fingerprint density at radius 1 is 1.38 bits per heavy atom. The van der Waals surface area contributed by atoms with Crippen LogP contribution in [0.15, 0.2) is 0 Å². The number of nitrogens with one attached hydrogen (secondary N) is 1. The molecule has 1 heterocycles. The number of aliphatic hydroxyl groups excluding tert-OH is 2. The molecule has 7 nitrogen and oxygen atoms in total. The summed E-state index contributed by atoms with van der Waals surface area (Å²) in [6.07, 6.45) is 0. The Bertz CT molecular complexity index is 338. The van der Waals surface area contributed by atoms with E-state index >= 15 is 0 Å². The smallest absolute Gasteiger partial charge is 0.285 e. The summed E-state index contributed by atoms with van der Waals surface area (Å²) in [4.78, 5) is 13.2. The van der Waals surface area contributed by atoms with Gasteiger partial charge in [-0.15, -0.1) is 10.2 Å². The predicted octanol–water partition coefficient (Wildman–Crippen LogP) is -0.993. The Morgan fingerprint density at radius 2 is 2.00 bits per heavy atom. The molecule has 0 saturated carbocycles. The van der Waals surface area contributed by atoms with Gasteiger partial charge >= 0.3 is 0 Å². The zero-order chi connectivity index (χ0) is 12.0. The Morgan fingerprint density at radius 3 is 2.44 bits per heavy atom. The van der Waals surface area contributed by atoms with Crippen LogP contribution in [-0.2, 0) is 0 Å². The fourth-order valence-electron chi connectivity index (χ4n) is 1.10. The largest absolute Gasteiger partial charge is 0.395 e. The first kappa shape index (κ1) is 12.8. The lowest BCUT2D eigenvalue weighted by molar-refractivity contribution is 0.0683. The lowest BCUT2D eigenvalue weighted by Crippen LogP contribution is -2.35. The Balaban J connectivity index is 2.72. The molecule has 0 bridgehead atoms. The first-order chi connectivity index (χ1) is 7.72. The molecule has 0 unspecified atom stereocenters. The molecular formula is C8H14N4O3S. The average molecular weight is 246 g/mol. The normalized spacial score (nSPS) is 10.2. The van der Waals surface area contributed by atoms with Crippen molar-refractivity contribution in [3.05, 3.63) is 5.01 Å². The van der Waals surface area contributed by atoms with Gasteiger partial charge in [-0.2, -0.15) is 0 Å². The van der Waals surface area contributed by atoms with Crippen molar-refractivity contribution in [2.45, 2.75) is 0 Å². The summed E-state index contributed by atoms with van der Waals surface area (Å²) in [5, 5.41) is 28.6. The lowest BCUT2D eigenvalue weighted by atomic mass is 10.4. The van der Waals surface area contributed by atoms with Crippen LogP contribution >= 0.6 is 11.3 Å². The first-order valence-electron chi connectivity index (χ1n) is 4.75. The number of amides is 1. The second-order valence-corrected chi connectivity index (χ2v) is 3.88. The molecule has 0 saturated heterocycles. The number of aliphatic hydroxyl groups is 2. The van der Waals surface area contributed by atoms with E-state index in [2.05, 4.69) is 15.5 Å². The standard InChI is InChI=1S/C8H14N4O3S/c1-9-8-11-10-6(16-8)7(15)12(2-4-13)3-5-14/h13-14H,2-5H2,1H3,(H,9,11). The number of rotatable bonds is 6. The third kappa shape index (κ3) is 3.12. The molecule has 0 aliphatic heterocycles. The van der Waals surface area contributed by atoms with Crippen molar-refractivity contribution in [3.63, 3.8) is 0 Å². The number of aromatic nitrogens is 2. The molecule has 0 aliphatic rings. The Kier molecular flexibility index (Phi) is 5.09. The Labute approximate surface area is 96.7 Å². The number of hydrogen-bond donors (Lipinski definition) is 3. The molecule has 1 amide bonds. The zero-order valence-electron chi connectivity index (χ0n) is 8.88. The van der Waals surface area contributed by atoms with Gasteiger partial charge in [0.25, 0.3) is 5.91 Å². The minimum absolute atomic E-state index is 0.149. The van der Waals surface area contributed by atoms with Gasteiger partial charge in [0.2, 0.25) is 10.1 Å². The van der Waals surface area contributed by atoms with Gasteiger partial charge in [0.1, 0.15) is 0 Å². The van der Waals surface area contributed by atoms with E-state index in [9.17, 15) is 4.79 Å². The van der Waals surface area contributed by atoms with E-state index in [0.29, 0.717) is 5.13 Å². The van der Waals surface area contributed by atoms with E-state index < -0.39 is 0 Å². The van der Waals surface area contributed by atoms with Gasteiger partial charge < -0.3 is 20.4 Å². The van der Waals surface area contributed by atoms with Crippen molar-refractivity contribution < 1.29 is 15.0 Å². The first-order valence-corrected chi connectivity index (χ1v) is 5.56. The number of carbonyl (C=O) groups is 1. The van der Waals surface area contributed by atoms with Crippen LogP contribution < -0.4 is 5.32 Å². The summed E-state index contributed by atoms with van der Waals surface area (Å²) in [5.41, 5.74) is 0. The topological polar surface area (TPSA) is 98.6 Å². The van der Waals surface area contributed by atoms with Crippen LogP contribution in [0.4, 0.5) is 5.13 Å². The molecule has 0 aromatic carbocycles. The van der Waals surface area contributed by atoms with Crippen LogP contribution in [0, 0.1) is 0 Å². The highest BCUT2D eigenvalue weighted by molar-refractivity contribution is 7.17. The molecule has 1 aromatic heterocycles. The monoisotopic (exact) mass is 246 g/mol. The van der Waals surface area contributed by atoms with E-state index in [0.717, 1.165) is 11.3 Å². The van der Waals surface area contributed by atoms with Gasteiger partial charge in [0.05, 0.1) is 13.2 Å². The van der Waals surface area contributed by atoms with Crippen molar-refractivity contribution >= 4 is 22.4 Å². The number of nitrogens with zero attached hydrogens (tertiary/aromatic N) is 3. The van der Waals surface area contributed by atoms with E-state index in [-0.39, 0.29) is 37.2 Å². The van der Waals surface area contributed by atoms with Gasteiger partial charge in [-0.25, -0.2) is 0 Å². The highest BCUT2D eigenvalue weighted by Gasteiger charge is 2.19. The van der Waals surface area contributed by atoms with Crippen LogP contribution in [-0.4, -0.2) is 64.6 Å². The molecule has 3 N–H and O–H groups in total. The zero-order valence-corrected chi connectivity index (χ0v) is 9.70. The molecule has 0 spiro atoms. The SMILES string of the molecule is CNc1nnc(C(=O)N(CCO)CCO)s1. The Hall–Kier alpha value is -1.25. The van der Waals surface area contributed by atoms with Gasteiger partial charge in [-0.05, 0) is 0 Å². The molecule has 0 aliphatic carbocycles. The van der Waals surface area contributed by atoms with E-state index in [1.807, 2.05) is 0 Å². The third-order valence-electron chi connectivity index (χ3n) is 1.85. The van der Waals surface area contributed by atoms with E-state index in [4.69, 9.17) is 10.2 Å². The lowest BCUT2D eigenvalue weighted by Gasteiger charge is -2.18. The van der Waals surface area contributed by atoms with Crippen molar-refractivity contribution in [2.75, 3.05) is 38.7 Å². The maximum absolute atomic E-state index is 11.8. The summed E-state index contributed by atoms with van der Waals surface area (Å²) in [6, 6.07) is 0. The van der Waals surface area contributed by atoms with Crippen LogP contribution in [0.1, 0.15) is 9.80 Å². The second-order valence-electron chi connectivity index (χ2n) is 2.90. The van der Waals surface area contributed by atoms with Crippen LogP contribution in [0.3, 0.4) is 0 Å². The third-order valence-corrected chi connectivity index (χ3v) is 2.78. The van der Waals surface area contributed by atoms with Crippen molar-refractivity contribution in [1.82, 2.24) is 15.1 Å². The second kappa shape index (κ2) is 6.36. The molecule has 1 aromatic rings. The highest BCUT2D eigenvalue weighted by atomic mass is 32.1. The number of hydrogen-bond acceptors (Lipinski definition) is 7. The van der Waals surface area contributed by atoms with Crippen molar-refractivity contribution in [2.24, 2.45) is 0 Å². The molecule has 1 rings (SSSR count). The molecule has 90 valence electrons. The van der Waals surface area contributed by atoms with Crippen molar-refractivity contribution in [1.29, 1.82) is 0 Å². The van der Waals surface area contributed by atoms with Gasteiger partial charge in [0.15, 0.2) is 0 Å². The molecular weight excluding hydrogens is 232 g/mol. The minimum Gasteiger partial charge on any atom is -0.395 e. The van der Waals surface area contributed by atoms with Crippen LogP contribution in [0.2, 0.25) is 0 Å². The molecule has 0 fully saturated rings. The van der Waals surface area contributed by atoms with E-state index in [1.54, 1.807) is 7.05 Å². The highest BCUT2D eigenvalue weighted by Crippen LogP contribution is 2.15. The van der Waals surface area contributed by atoms with Crippen LogP contribution in [0.25, 0.3) is 0 Å². The summed E-state index contributed by atoms with van der Waals surface area (Å²) < 4.78 is 0. The predicted molar refractivity (Wildman–Crippen MR) is 59.5 cm³/mol. The molecule has 0 atom stereocenters. The average Bonchev–Trinajstić information content (AvgIpc) is 2.76. The van der Waals surface area contributed by atoms with Gasteiger partial charge in [-0.1, -0.05) is 11.3 Å². The molecule has 8 heteroatoms. The van der Waals surface area contributed by atoms with Crippen LogP contribution in [0.5, 0.6) is 0 Å². The maximum Gasteiger partial charge on any atom is 0.285 e. The maximum atomic E-state index is 11.8. The summed E-state index contributed by atoms with van der Waals surface area (Å²) in [5.74, 6) is -0.331. The minimum atomic E-state index is -0.331.